The smallest absolute Gasteiger partial charge is 0.191 e. The number of hydrogen-bond acceptors (Lipinski definition) is 5. The molecule has 1 aliphatic carbocycles. The summed E-state index contributed by atoms with van der Waals surface area (Å²) in [6.07, 6.45) is 1.14. The van der Waals surface area contributed by atoms with Crippen LogP contribution in [0.1, 0.15) is 54.4 Å². The summed E-state index contributed by atoms with van der Waals surface area (Å²) in [5, 5.41) is 11.0. The third-order valence-corrected chi connectivity index (χ3v) is 18.7. The summed E-state index contributed by atoms with van der Waals surface area (Å²) in [5.74, 6) is -0.128. The van der Waals surface area contributed by atoms with Crippen LogP contribution in [0.15, 0.2) is 0 Å². The van der Waals surface area contributed by atoms with Gasteiger partial charge in [0.1, 0.15) is 4.75 Å². The third-order valence-electron chi connectivity index (χ3n) is 7.59. The highest BCUT2D eigenvalue weighted by molar-refractivity contribution is 7.92. The Bertz CT molecular complexity index is 646. The highest BCUT2D eigenvalue weighted by Gasteiger charge is 2.60. The van der Waals surface area contributed by atoms with Crippen molar-refractivity contribution in [1.29, 1.82) is 0 Å². The van der Waals surface area contributed by atoms with Gasteiger partial charge in [-0.25, -0.2) is 8.42 Å². The van der Waals surface area contributed by atoms with Crippen LogP contribution in [0.5, 0.6) is 0 Å². The molecule has 0 aliphatic heterocycles. The maximum atomic E-state index is 12.6. The molecule has 0 radical (unpaired) electrons. The Balaban J connectivity index is 2.80. The summed E-state index contributed by atoms with van der Waals surface area (Å²) in [6.45, 7) is 22.5. The second kappa shape index (κ2) is 8.07. The highest BCUT2D eigenvalue weighted by atomic mass is 32.2. The molecule has 1 rings (SSSR count). The van der Waals surface area contributed by atoms with E-state index in [1.165, 1.54) is 6.26 Å². The van der Waals surface area contributed by atoms with Crippen LogP contribution in [0, 0.1) is 5.92 Å². The summed E-state index contributed by atoms with van der Waals surface area (Å²) in [4.78, 5) is 0. The lowest BCUT2D eigenvalue weighted by molar-refractivity contribution is -0.0520. The Morgan fingerprint density at radius 2 is 1.39 bits per heavy atom. The number of rotatable bonds is 8. The SMILES string of the molecule is CC(C)(C)[Si](C)(C)OCCC1(S(C)(=O)=O)CC(CO[Si](C)(C)C(C)(C)C)C1O. The zero-order valence-corrected chi connectivity index (χ0v) is 22.8. The van der Waals surface area contributed by atoms with Crippen LogP contribution >= 0.6 is 0 Å². The molecule has 0 aromatic heterocycles. The first-order valence-electron chi connectivity index (χ1n) is 10.3. The molecule has 8 heteroatoms. The Kier molecular flexibility index (Phi) is 7.58. The van der Waals surface area contributed by atoms with Gasteiger partial charge in [-0.1, -0.05) is 41.5 Å². The predicted octanol–water partition coefficient (Wildman–Crippen LogP) is 4.58. The Morgan fingerprint density at radius 1 is 0.964 bits per heavy atom. The molecule has 0 aromatic rings. The van der Waals surface area contributed by atoms with Crippen molar-refractivity contribution in [2.75, 3.05) is 19.5 Å². The minimum absolute atomic E-state index is 0.0724. The molecule has 28 heavy (non-hydrogen) atoms. The fourth-order valence-electron chi connectivity index (χ4n) is 3.13. The Labute approximate surface area is 175 Å². The van der Waals surface area contributed by atoms with Crippen LogP contribution in [0.25, 0.3) is 0 Å². The fraction of sp³-hybridized carbons (Fsp3) is 1.00. The van der Waals surface area contributed by atoms with Gasteiger partial charge in [-0.3, -0.25) is 0 Å². The van der Waals surface area contributed by atoms with Gasteiger partial charge < -0.3 is 14.0 Å². The lowest BCUT2D eigenvalue weighted by Crippen LogP contribution is -2.65. The lowest BCUT2D eigenvalue weighted by Gasteiger charge is -2.52. The van der Waals surface area contributed by atoms with Gasteiger partial charge in [0.05, 0.1) is 6.10 Å². The van der Waals surface area contributed by atoms with E-state index in [4.69, 9.17) is 8.85 Å². The number of aliphatic hydroxyl groups excluding tert-OH is 1. The standard InChI is InChI=1S/C20H44O5SSi2/c1-18(2,3)27(8,9)24-13-12-20(26(7,22)23)14-16(17(20)21)15-25-28(10,11)19(4,5)6/h16-17,21H,12-15H2,1-11H3. The molecular formula is C20H44O5SSi2. The van der Waals surface area contributed by atoms with Gasteiger partial charge in [-0.15, -0.1) is 0 Å². The van der Waals surface area contributed by atoms with Gasteiger partial charge in [0.25, 0.3) is 0 Å². The molecule has 1 saturated carbocycles. The molecule has 0 spiro atoms. The minimum atomic E-state index is -3.40. The van der Waals surface area contributed by atoms with E-state index in [-0.39, 0.29) is 16.0 Å². The van der Waals surface area contributed by atoms with Crippen LogP contribution in [0.3, 0.4) is 0 Å². The second-order valence-electron chi connectivity index (χ2n) is 11.7. The van der Waals surface area contributed by atoms with Gasteiger partial charge in [0.2, 0.25) is 0 Å². The molecule has 0 bridgehead atoms. The van der Waals surface area contributed by atoms with Crippen molar-refractivity contribution in [1.82, 2.24) is 0 Å². The van der Waals surface area contributed by atoms with E-state index in [1.807, 2.05) is 0 Å². The summed E-state index contributed by atoms with van der Waals surface area (Å²) < 4.78 is 36.5. The zero-order valence-electron chi connectivity index (χ0n) is 20.0. The van der Waals surface area contributed by atoms with Gasteiger partial charge in [-0.2, -0.15) is 0 Å². The maximum absolute atomic E-state index is 12.6. The Morgan fingerprint density at radius 3 is 1.75 bits per heavy atom. The molecule has 0 saturated heterocycles. The van der Waals surface area contributed by atoms with E-state index >= 15 is 0 Å². The summed E-state index contributed by atoms with van der Waals surface area (Å²) >= 11 is 0. The largest absolute Gasteiger partial charge is 0.417 e. The molecule has 1 N–H and O–H groups in total. The van der Waals surface area contributed by atoms with E-state index in [9.17, 15) is 13.5 Å². The van der Waals surface area contributed by atoms with Gasteiger partial charge in [0.15, 0.2) is 26.5 Å². The first-order chi connectivity index (χ1) is 12.2. The summed E-state index contributed by atoms with van der Waals surface area (Å²) in [6, 6.07) is 0. The molecule has 5 nitrogen and oxygen atoms in total. The monoisotopic (exact) mass is 452 g/mol. The normalized spacial score (nSPS) is 27.6. The first kappa shape index (κ1) is 26.3. The van der Waals surface area contributed by atoms with Crippen LogP contribution < -0.4 is 0 Å². The maximum Gasteiger partial charge on any atom is 0.191 e. The van der Waals surface area contributed by atoms with Crippen molar-refractivity contribution in [3.63, 3.8) is 0 Å². The Hall–Kier alpha value is 0.264. The predicted molar refractivity (Wildman–Crippen MR) is 123 cm³/mol. The van der Waals surface area contributed by atoms with E-state index in [2.05, 4.69) is 67.7 Å². The number of aliphatic hydroxyl groups is 1. The topological polar surface area (TPSA) is 72.8 Å². The number of hydrogen-bond donors (Lipinski definition) is 1. The molecule has 0 amide bonds. The molecule has 1 fully saturated rings. The van der Waals surface area contributed by atoms with E-state index in [1.54, 1.807) is 0 Å². The molecule has 1 aliphatic rings. The van der Waals surface area contributed by atoms with Crippen molar-refractivity contribution in [2.45, 2.75) is 101 Å². The quantitative estimate of drug-likeness (QED) is 0.546. The molecule has 3 atom stereocenters. The number of sulfone groups is 1. The van der Waals surface area contributed by atoms with E-state index in [0.29, 0.717) is 26.1 Å². The molecule has 168 valence electrons. The highest BCUT2D eigenvalue weighted by Crippen LogP contribution is 2.48. The third kappa shape index (κ3) is 5.30. The van der Waals surface area contributed by atoms with Crippen LogP contribution in [-0.4, -0.2) is 60.5 Å². The summed E-state index contributed by atoms with van der Waals surface area (Å²) in [5.41, 5.74) is 0. The molecule has 3 unspecified atom stereocenters. The van der Waals surface area contributed by atoms with Gasteiger partial charge in [-0.05, 0) is 49.1 Å². The van der Waals surface area contributed by atoms with E-state index < -0.39 is 37.3 Å². The molecular weight excluding hydrogens is 408 g/mol. The van der Waals surface area contributed by atoms with Crippen molar-refractivity contribution in [3.8, 4) is 0 Å². The average Bonchev–Trinajstić information content (AvgIpc) is 2.44. The van der Waals surface area contributed by atoms with Crippen molar-refractivity contribution < 1.29 is 22.4 Å². The minimum Gasteiger partial charge on any atom is -0.417 e. The van der Waals surface area contributed by atoms with Crippen LogP contribution in [-0.2, 0) is 18.7 Å². The van der Waals surface area contributed by atoms with E-state index in [0.717, 1.165) is 0 Å². The molecule has 0 heterocycles. The lowest BCUT2D eigenvalue weighted by atomic mass is 9.70. The fourth-order valence-corrected chi connectivity index (χ4v) is 6.84. The summed E-state index contributed by atoms with van der Waals surface area (Å²) in [7, 11) is -7.27. The van der Waals surface area contributed by atoms with Crippen molar-refractivity contribution >= 4 is 26.5 Å². The average molecular weight is 453 g/mol. The van der Waals surface area contributed by atoms with Crippen LogP contribution in [0.4, 0.5) is 0 Å². The van der Waals surface area contributed by atoms with Crippen LogP contribution in [0.2, 0.25) is 36.3 Å². The van der Waals surface area contributed by atoms with Crippen molar-refractivity contribution in [2.24, 2.45) is 5.92 Å². The van der Waals surface area contributed by atoms with Gasteiger partial charge in [0, 0.05) is 25.4 Å². The zero-order chi connectivity index (χ0) is 22.4. The molecule has 0 aromatic carbocycles. The second-order valence-corrected chi connectivity index (χ2v) is 23.7. The van der Waals surface area contributed by atoms with Gasteiger partial charge >= 0.3 is 0 Å². The first-order valence-corrected chi connectivity index (χ1v) is 18.0. The van der Waals surface area contributed by atoms with Crippen molar-refractivity contribution in [3.05, 3.63) is 0 Å².